The molecule has 2 amide bonds. The number of nitrogens with one attached hydrogen (secondary N) is 2. The van der Waals surface area contributed by atoms with Crippen molar-refractivity contribution in [3.8, 4) is 0 Å². The van der Waals surface area contributed by atoms with Crippen molar-refractivity contribution in [3.05, 3.63) is 112 Å². The molecule has 6 heteroatoms. The lowest BCUT2D eigenvalue weighted by Crippen LogP contribution is -2.26. The smallest absolute Gasteiger partial charge is 0.290 e. The summed E-state index contributed by atoms with van der Waals surface area (Å²) < 4.78 is 13.8. The molecule has 0 saturated carbocycles. The Kier molecular flexibility index (Phi) is 6.30. The molecule has 0 bridgehead atoms. The maximum atomic E-state index is 13.8. The van der Waals surface area contributed by atoms with Crippen molar-refractivity contribution < 1.29 is 14.0 Å². The number of imide groups is 1. The Hall–Kier alpha value is -3.22. The van der Waals surface area contributed by atoms with E-state index in [1.807, 2.05) is 67.6 Å². The van der Waals surface area contributed by atoms with Crippen LogP contribution >= 0.6 is 11.8 Å². The number of carbonyl (C=O) groups is 2. The zero-order valence-electron chi connectivity index (χ0n) is 16.8. The van der Waals surface area contributed by atoms with Crippen LogP contribution in [0, 0.1) is 5.82 Å². The van der Waals surface area contributed by atoms with Crippen LogP contribution in [-0.2, 0) is 4.79 Å². The zero-order chi connectivity index (χ0) is 21.8. The molecule has 0 aromatic heterocycles. The fourth-order valence-corrected chi connectivity index (χ4v) is 4.27. The highest BCUT2D eigenvalue weighted by Crippen LogP contribution is 2.32. The van der Waals surface area contributed by atoms with Crippen molar-refractivity contribution in [1.29, 1.82) is 0 Å². The number of thioether (sulfide) groups is 1. The zero-order valence-corrected chi connectivity index (χ0v) is 17.7. The molecular weight excluding hydrogens is 411 g/mol. The van der Waals surface area contributed by atoms with Crippen LogP contribution < -0.4 is 10.6 Å². The fraction of sp³-hybridized carbons (Fsp3) is 0.120. The average molecular weight is 433 g/mol. The Labute approximate surface area is 184 Å². The van der Waals surface area contributed by atoms with E-state index in [1.165, 1.54) is 12.1 Å². The molecule has 3 aromatic rings. The van der Waals surface area contributed by atoms with Crippen molar-refractivity contribution in [2.24, 2.45) is 0 Å². The molecule has 1 fully saturated rings. The average Bonchev–Trinajstić information content (AvgIpc) is 3.09. The van der Waals surface area contributed by atoms with E-state index in [9.17, 15) is 14.0 Å². The Morgan fingerprint density at radius 3 is 2.35 bits per heavy atom. The van der Waals surface area contributed by atoms with Gasteiger partial charge in [-0.05, 0) is 59.1 Å². The topological polar surface area (TPSA) is 58.2 Å². The molecule has 0 radical (unpaired) electrons. The first kappa shape index (κ1) is 21.0. The molecule has 156 valence electrons. The number of carbonyl (C=O) groups excluding carboxylic acids is 2. The first-order valence-electron chi connectivity index (χ1n) is 9.91. The highest BCUT2D eigenvalue weighted by molar-refractivity contribution is 8.18. The summed E-state index contributed by atoms with van der Waals surface area (Å²) in [6.07, 6.45) is 1.74. The number of rotatable bonds is 6. The van der Waals surface area contributed by atoms with Gasteiger partial charge in [-0.2, -0.15) is 0 Å². The number of hydrogen-bond acceptors (Lipinski definition) is 4. The minimum Gasteiger partial charge on any atom is -0.300 e. The van der Waals surface area contributed by atoms with E-state index < -0.39 is 0 Å². The van der Waals surface area contributed by atoms with E-state index in [0.717, 1.165) is 34.0 Å². The number of benzene rings is 3. The third-order valence-electron chi connectivity index (χ3n) is 5.13. The van der Waals surface area contributed by atoms with E-state index in [4.69, 9.17) is 0 Å². The molecule has 1 aliphatic heterocycles. The summed E-state index contributed by atoms with van der Waals surface area (Å²) in [4.78, 5) is 24.0. The molecule has 0 spiro atoms. The van der Waals surface area contributed by atoms with Crippen molar-refractivity contribution in [2.45, 2.75) is 19.0 Å². The predicted molar refractivity (Wildman–Crippen MR) is 122 cm³/mol. The SMILES string of the molecule is CC(NC(c1ccccc1)c1ccccc1/C=C1/SC(=O)NC1=O)c1cccc(F)c1. The van der Waals surface area contributed by atoms with Crippen molar-refractivity contribution >= 4 is 29.0 Å². The lowest BCUT2D eigenvalue weighted by Gasteiger charge is -2.26. The van der Waals surface area contributed by atoms with Crippen LogP contribution in [0.25, 0.3) is 6.08 Å². The van der Waals surface area contributed by atoms with Crippen LogP contribution in [0.3, 0.4) is 0 Å². The monoisotopic (exact) mass is 432 g/mol. The van der Waals surface area contributed by atoms with Gasteiger partial charge in [-0.25, -0.2) is 4.39 Å². The first-order chi connectivity index (χ1) is 15.0. The number of hydrogen-bond donors (Lipinski definition) is 2. The van der Waals surface area contributed by atoms with Gasteiger partial charge < -0.3 is 0 Å². The minimum atomic E-state index is -0.387. The molecule has 4 rings (SSSR count). The highest BCUT2D eigenvalue weighted by Gasteiger charge is 2.26. The maximum absolute atomic E-state index is 13.8. The largest absolute Gasteiger partial charge is 0.300 e. The van der Waals surface area contributed by atoms with Crippen LogP contribution in [0.1, 0.15) is 41.3 Å². The van der Waals surface area contributed by atoms with Crippen molar-refractivity contribution in [1.82, 2.24) is 10.6 Å². The third-order valence-corrected chi connectivity index (χ3v) is 5.94. The lowest BCUT2D eigenvalue weighted by atomic mass is 9.92. The Balaban J connectivity index is 1.74. The molecule has 2 atom stereocenters. The summed E-state index contributed by atoms with van der Waals surface area (Å²) >= 11 is 0.897. The molecule has 31 heavy (non-hydrogen) atoms. The molecule has 1 aliphatic rings. The second-order valence-electron chi connectivity index (χ2n) is 7.27. The summed E-state index contributed by atoms with van der Waals surface area (Å²) in [7, 11) is 0. The number of amides is 2. The Morgan fingerprint density at radius 1 is 0.935 bits per heavy atom. The Bertz CT molecular complexity index is 1150. The van der Waals surface area contributed by atoms with Crippen LogP contribution in [-0.4, -0.2) is 11.1 Å². The van der Waals surface area contributed by atoms with E-state index >= 15 is 0 Å². The van der Waals surface area contributed by atoms with Gasteiger partial charge in [0.2, 0.25) is 0 Å². The quantitative estimate of drug-likeness (QED) is 0.499. The standard InChI is InChI=1S/C25H21FN2O2S/c1-16(18-11-7-12-20(26)14-18)27-23(17-8-3-2-4-9-17)21-13-6-5-10-19(21)15-22-24(29)28-25(30)31-22/h2-16,23,27H,1H3,(H,28,29,30)/b22-15+. The van der Waals surface area contributed by atoms with Gasteiger partial charge in [0.25, 0.3) is 11.1 Å². The van der Waals surface area contributed by atoms with Gasteiger partial charge in [0.1, 0.15) is 5.82 Å². The minimum absolute atomic E-state index is 0.132. The van der Waals surface area contributed by atoms with Crippen molar-refractivity contribution in [3.63, 3.8) is 0 Å². The van der Waals surface area contributed by atoms with Gasteiger partial charge in [-0.3, -0.25) is 20.2 Å². The second kappa shape index (κ2) is 9.29. The Morgan fingerprint density at radius 2 is 1.65 bits per heavy atom. The molecule has 3 aromatic carbocycles. The van der Waals surface area contributed by atoms with Gasteiger partial charge in [-0.15, -0.1) is 0 Å². The lowest BCUT2D eigenvalue weighted by molar-refractivity contribution is -0.115. The van der Waals surface area contributed by atoms with Crippen LogP contribution in [0.5, 0.6) is 0 Å². The molecule has 1 heterocycles. The van der Waals surface area contributed by atoms with E-state index in [2.05, 4.69) is 10.6 Å². The summed E-state index contributed by atoms with van der Waals surface area (Å²) in [5, 5.41) is 5.53. The summed E-state index contributed by atoms with van der Waals surface area (Å²) in [6.45, 7) is 1.99. The number of halogens is 1. The molecule has 2 unspecified atom stereocenters. The highest BCUT2D eigenvalue weighted by atomic mass is 32.2. The van der Waals surface area contributed by atoms with E-state index in [-0.39, 0.29) is 29.0 Å². The molecule has 1 saturated heterocycles. The van der Waals surface area contributed by atoms with Crippen LogP contribution in [0.4, 0.5) is 9.18 Å². The first-order valence-corrected chi connectivity index (χ1v) is 10.7. The second-order valence-corrected chi connectivity index (χ2v) is 8.28. The molecule has 4 nitrogen and oxygen atoms in total. The van der Waals surface area contributed by atoms with E-state index in [0.29, 0.717) is 4.91 Å². The summed E-state index contributed by atoms with van der Waals surface area (Å²) in [5.41, 5.74) is 3.67. The summed E-state index contributed by atoms with van der Waals surface area (Å²) in [5.74, 6) is -0.663. The van der Waals surface area contributed by atoms with Crippen LogP contribution in [0.15, 0.2) is 83.8 Å². The van der Waals surface area contributed by atoms with Gasteiger partial charge in [0, 0.05) is 6.04 Å². The van der Waals surface area contributed by atoms with Crippen LogP contribution in [0.2, 0.25) is 0 Å². The summed E-state index contributed by atoms with van der Waals surface area (Å²) in [6, 6.07) is 23.9. The normalized spacial score (nSPS) is 16.9. The van der Waals surface area contributed by atoms with Gasteiger partial charge in [0.15, 0.2) is 0 Å². The van der Waals surface area contributed by atoms with Crippen molar-refractivity contribution in [2.75, 3.05) is 0 Å². The fourth-order valence-electron chi connectivity index (χ4n) is 3.60. The predicted octanol–water partition coefficient (Wildman–Crippen LogP) is 5.59. The third kappa shape index (κ3) is 4.93. The molecule has 2 N–H and O–H groups in total. The maximum Gasteiger partial charge on any atom is 0.290 e. The van der Waals surface area contributed by atoms with Gasteiger partial charge in [-0.1, -0.05) is 66.7 Å². The van der Waals surface area contributed by atoms with Gasteiger partial charge >= 0.3 is 0 Å². The molecule has 0 aliphatic carbocycles. The van der Waals surface area contributed by atoms with Gasteiger partial charge in [0.05, 0.1) is 10.9 Å². The molecular formula is C25H21FN2O2S. The van der Waals surface area contributed by atoms with E-state index in [1.54, 1.807) is 12.1 Å².